The van der Waals surface area contributed by atoms with Crippen LogP contribution in [0.4, 0.5) is 0 Å². The lowest BCUT2D eigenvalue weighted by atomic mass is 10.2. The van der Waals surface area contributed by atoms with Gasteiger partial charge in [0.25, 0.3) is 0 Å². The number of unbranched alkanes of at least 4 members (excludes halogenated alkanes) is 2. The van der Waals surface area contributed by atoms with E-state index in [1.165, 1.54) is 17.7 Å². The number of H-pyrrole nitrogens is 1. The molecule has 26 heavy (non-hydrogen) atoms. The molecule has 0 aliphatic heterocycles. The van der Waals surface area contributed by atoms with Gasteiger partial charge in [0.15, 0.2) is 5.82 Å². The minimum absolute atomic E-state index is 0.490. The van der Waals surface area contributed by atoms with E-state index in [-0.39, 0.29) is 0 Å². The number of hydrogen-bond donors (Lipinski definition) is 1. The van der Waals surface area contributed by atoms with Crippen molar-refractivity contribution < 1.29 is 4.74 Å². The summed E-state index contributed by atoms with van der Waals surface area (Å²) >= 11 is 6.98. The van der Waals surface area contributed by atoms with E-state index in [2.05, 4.69) is 33.7 Å². The number of aromatic nitrogens is 3. The maximum absolute atomic E-state index is 5.73. The molecule has 0 spiro atoms. The van der Waals surface area contributed by atoms with Gasteiger partial charge in [-0.3, -0.25) is 5.10 Å². The van der Waals surface area contributed by atoms with Gasteiger partial charge in [-0.2, -0.15) is 14.9 Å². The van der Waals surface area contributed by atoms with Gasteiger partial charge in [0, 0.05) is 11.3 Å². The Hall–Kier alpha value is -2.25. The smallest absolute Gasteiger partial charge is 0.216 e. The van der Waals surface area contributed by atoms with Crippen LogP contribution in [0.5, 0.6) is 5.75 Å². The molecule has 2 aromatic heterocycles. The lowest BCUT2D eigenvalue weighted by Crippen LogP contribution is -1.99. The SMILES string of the molecule is CCCCCOc1ccc(/C=N\n2c(Cc3cccs3)n[nH]c2=S)cc1. The van der Waals surface area contributed by atoms with Gasteiger partial charge in [0.1, 0.15) is 5.75 Å². The van der Waals surface area contributed by atoms with E-state index >= 15 is 0 Å². The molecule has 7 heteroatoms. The van der Waals surface area contributed by atoms with E-state index < -0.39 is 0 Å². The van der Waals surface area contributed by atoms with Crippen molar-refractivity contribution in [1.29, 1.82) is 0 Å². The van der Waals surface area contributed by atoms with Crippen LogP contribution in [0.25, 0.3) is 0 Å². The van der Waals surface area contributed by atoms with Gasteiger partial charge in [-0.05, 0) is 59.9 Å². The van der Waals surface area contributed by atoms with E-state index in [0.29, 0.717) is 11.2 Å². The molecular formula is C19H22N4OS2. The second-order valence-corrected chi connectivity index (χ2v) is 7.30. The van der Waals surface area contributed by atoms with Crippen LogP contribution in [0, 0.1) is 4.77 Å². The Morgan fingerprint density at radius 2 is 2.12 bits per heavy atom. The largest absolute Gasteiger partial charge is 0.494 e. The summed E-state index contributed by atoms with van der Waals surface area (Å²) in [6.45, 7) is 2.95. The third-order valence-corrected chi connectivity index (χ3v) is 4.99. The van der Waals surface area contributed by atoms with Gasteiger partial charge in [-0.15, -0.1) is 11.3 Å². The van der Waals surface area contributed by atoms with Gasteiger partial charge in [-0.1, -0.05) is 25.8 Å². The van der Waals surface area contributed by atoms with Crippen LogP contribution < -0.4 is 4.74 Å². The molecule has 136 valence electrons. The molecule has 1 aromatic carbocycles. The molecule has 0 atom stereocenters. The first-order chi connectivity index (χ1) is 12.8. The van der Waals surface area contributed by atoms with E-state index in [4.69, 9.17) is 17.0 Å². The number of ether oxygens (including phenoxy) is 1. The summed E-state index contributed by atoms with van der Waals surface area (Å²) in [6.07, 6.45) is 5.97. The van der Waals surface area contributed by atoms with Crippen molar-refractivity contribution in [3.63, 3.8) is 0 Å². The molecule has 3 rings (SSSR count). The highest BCUT2D eigenvalue weighted by molar-refractivity contribution is 7.71. The van der Waals surface area contributed by atoms with Crippen molar-refractivity contribution in [3.05, 3.63) is 62.8 Å². The molecular weight excluding hydrogens is 364 g/mol. The van der Waals surface area contributed by atoms with Crippen LogP contribution in [-0.2, 0) is 6.42 Å². The molecule has 3 aromatic rings. The minimum atomic E-state index is 0.490. The maximum atomic E-state index is 5.73. The second kappa shape index (κ2) is 9.45. The first kappa shape index (κ1) is 18.5. The second-order valence-electron chi connectivity index (χ2n) is 5.88. The molecule has 0 saturated heterocycles. The van der Waals surface area contributed by atoms with Crippen molar-refractivity contribution >= 4 is 29.8 Å². The molecule has 0 amide bonds. The summed E-state index contributed by atoms with van der Waals surface area (Å²) in [5.74, 6) is 1.68. The maximum Gasteiger partial charge on any atom is 0.216 e. The Morgan fingerprint density at radius 3 is 2.85 bits per heavy atom. The Kier molecular flexibility index (Phi) is 6.74. The molecule has 0 aliphatic rings. The van der Waals surface area contributed by atoms with Gasteiger partial charge < -0.3 is 4.74 Å². The number of hydrogen-bond acceptors (Lipinski definition) is 5. The number of nitrogens with zero attached hydrogens (tertiary/aromatic N) is 3. The van der Waals surface area contributed by atoms with Crippen molar-refractivity contribution in [1.82, 2.24) is 14.9 Å². The van der Waals surface area contributed by atoms with Gasteiger partial charge in [-0.25, -0.2) is 0 Å². The van der Waals surface area contributed by atoms with Gasteiger partial charge in [0.05, 0.1) is 12.8 Å². The number of rotatable bonds is 9. The lowest BCUT2D eigenvalue weighted by Gasteiger charge is -2.05. The Bertz CT molecular complexity index is 879. The Labute approximate surface area is 162 Å². The van der Waals surface area contributed by atoms with E-state index in [1.807, 2.05) is 30.3 Å². The Balaban J connectivity index is 1.64. The molecule has 1 N–H and O–H groups in total. The fourth-order valence-corrected chi connectivity index (χ4v) is 3.34. The molecule has 0 fully saturated rings. The Morgan fingerprint density at radius 1 is 1.27 bits per heavy atom. The minimum Gasteiger partial charge on any atom is -0.494 e. The zero-order valence-corrected chi connectivity index (χ0v) is 16.4. The van der Waals surface area contributed by atoms with Gasteiger partial charge >= 0.3 is 0 Å². The van der Waals surface area contributed by atoms with Crippen molar-refractivity contribution in [2.45, 2.75) is 32.6 Å². The number of benzene rings is 1. The summed E-state index contributed by atoms with van der Waals surface area (Å²) in [5.41, 5.74) is 0.982. The van der Waals surface area contributed by atoms with Crippen LogP contribution in [0.1, 0.15) is 42.5 Å². The predicted octanol–water partition coefficient (Wildman–Crippen LogP) is 5.04. The summed E-state index contributed by atoms with van der Waals surface area (Å²) in [7, 11) is 0. The van der Waals surface area contributed by atoms with Crippen molar-refractivity contribution in [2.75, 3.05) is 6.61 Å². The molecule has 0 radical (unpaired) electrons. The van der Waals surface area contributed by atoms with Crippen molar-refractivity contribution in [3.8, 4) is 5.75 Å². The highest BCUT2D eigenvalue weighted by atomic mass is 32.1. The average molecular weight is 387 g/mol. The summed E-state index contributed by atoms with van der Waals surface area (Å²) in [6, 6.07) is 12.0. The lowest BCUT2D eigenvalue weighted by molar-refractivity contribution is 0.306. The van der Waals surface area contributed by atoms with Crippen LogP contribution in [0.15, 0.2) is 46.9 Å². The standard InChI is InChI=1S/C19H22N4OS2/c1-2-3-4-11-24-16-9-7-15(8-10-16)14-20-23-18(21-22-19(23)25)13-17-6-5-12-26-17/h5-10,12,14H,2-4,11,13H2,1H3,(H,22,25)/b20-14-. The molecule has 0 aliphatic carbocycles. The van der Waals surface area contributed by atoms with Crippen molar-refractivity contribution in [2.24, 2.45) is 5.10 Å². The van der Waals surface area contributed by atoms with E-state index in [1.54, 1.807) is 22.2 Å². The monoisotopic (exact) mass is 386 g/mol. The molecule has 5 nitrogen and oxygen atoms in total. The number of thiophene rings is 1. The highest BCUT2D eigenvalue weighted by Crippen LogP contribution is 2.14. The number of nitrogens with one attached hydrogen (secondary N) is 1. The molecule has 0 bridgehead atoms. The first-order valence-corrected chi connectivity index (χ1v) is 10.0. The fourth-order valence-electron chi connectivity index (χ4n) is 2.44. The first-order valence-electron chi connectivity index (χ1n) is 8.72. The quantitative estimate of drug-likeness (QED) is 0.318. The summed E-state index contributed by atoms with van der Waals surface area (Å²) in [5, 5.41) is 13.6. The highest BCUT2D eigenvalue weighted by Gasteiger charge is 2.06. The van der Waals surface area contributed by atoms with E-state index in [9.17, 15) is 0 Å². The van der Waals surface area contributed by atoms with E-state index in [0.717, 1.165) is 30.2 Å². The zero-order valence-electron chi connectivity index (χ0n) is 14.7. The molecule has 0 unspecified atom stereocenters. The van der Waals surface area contributed by atoms with Crippen LogP contribution in [0.3, 0.4) is 0 Å². The fraction of sp³-hybridized carbons (Fsp3) is 0.316. The zero-order chi connectivity index (χ0) is 18.2. The third-order valence-electron chi connectivity index (χ3n) is 3.85. The predicted molar refractivity (Wildman–Crippen MR) is 109 cm³/mol. The average Bonchev–Trinajstić information content (AvgIpc) is 3.29. The molecule has 0 saturated carbocycles. The van der Waals surface area contributed by atoms with Crippen LogP contribution in [-0.4, -0.2) is 27.7 Å². The summed E-state index contributed by atoms with van der Waals surface area (Å²) in [4.78, 5) is 1.22. The number of aromatic amines is 1. The van der Waals surface area contributed by atoms with Crippen LogP contribution >= 0.6 is 23.6 Å². The molecule has 2 heterocycles. The summed E-state index contributed by atoms with van der Waals surface area (Å²) < 4.78 is 7.89. The topological polar surface area (TPSA) is 55.2 Å². The third kappa shape index (κ3) is 5.12. The van der Waals surface area contributed by atoms with Gasteiger partial charge in [0.2, 0.25) is 4.77 Å². The normalized spacial score (nSPS) is 11.3. The van der Waals surface area contributed by atoms with Crippen LogP contribution in [0.2, 0.25) is 0 Å².